The van der Waals surface area contributed by atoms with Crippen molar-refractivity contribution in [3.8, 4) is 0 Å². The summed E-state index contributed by atoms with van der Waals surface area (Å²) in [6.07, 6.45) is 1.15. The number of sulfonamides is 1. The summed E-state index contributed by atoms with van der Waals surface area (Å²) >= 11 is 0. The minimum absolute atomic E-state index is 0.101. The number of carbonyl (C=O) groups is 1. The average molecular weight is 327 g/mol. The average Bonchev–Trinajstić information content (AvgIpc) is 2.55. The van der Waals surface area contributed by atoms with Crippen molar-refractivity contribution in [1.29, 1.82) is 0 Å². The summed E-state index contributed by atoms with van der Waals surface area (Å²) in [4.78, 5) is 12.6. The number of methoxy groups -OCH3 is 1. The molecule has 0 aliphatic carbocycles. The van der Waals surface area contributed by atoms with Crippen molar-refractivity contribution in [2.45, 2.75) is 23.3 Å². The van der Waals surface area contributed by atoms with Gasteiger partial charge in [0.2, 0.25) is 10.0 Å². The number of amides is 1. The van der Waals surface area contributed by atoms with Gasteiger partial charge in [0, 0.05) is 12.8 Å². The zero-order valence-corrected chi connectivity index (χ0v) is 13.5. The van der Waals surface area contributed by atoms with E-state index in [2.05, 4.69) is 15.4 Å². The third kappa shape index (κ3) is 3.46. The van der Waals surface area contributed by atoms with E-state index in [0.29, 0.717) is 31.6 Å². The lowest BCUT2D eigenvalue weighted by Gasteiger charge is -2.34. The first-order chi connectivity index (χ1) is 10.4. The van der Waals surface area contributed by atoms with Gasteiger partial charge in [0.25, 0.3) is 5.91 Å². The number of piperidine rings is 1. The summed E-state index contributed by atoms with van der Waals surface area (Å²) in [5.74, 6) is -0.254. The molecule has 122 valence electrons. The van der Waals surface area contributed by atoms with Crippen LogP contribution in [0.25, 0.3) is 0 Å². The highest BCUT2D eigenvalue weighted by Gasteiger charge is 2.39. The van der Waals surface area contributed by atoms with Crippen molar-refractivity contribution >= 4 is 21.6 Å². The van der Waals surface area contributed by atoms with Crippen LogP contribution in [0.3, 0.4) is 0 Å². The molecule has 8 heteroatoms. The summed E-state index contributed by atoms with van der Waals surface area (Å²) < 4.78 is 31.3. The molecule has 3 N–H and O–H groups in total. The normalized spacial score (nSPS) is 17.9. The Hall–Kier alpha value is -1.48. The predicted molar refractivity (Wildman–Crippen MR) is 83.2 cm³/mol. The Morgan fingerprint density at radius 2 is 2.00 bits per heavy atom. The molecule has 1 saturated heterocycles. The van der Waals surface area contributed by atoms with Crippen molar-refractivity contribution < 1.29 is 17.9 Å². The van der Waals surface area contributed by atoms with Gasteiger partial charge < -0.3 is 15.4 Å². The van der Waals surface area contributed by atoms with Gasteiger partial charge >= 0.3 is 0 Å². The van der Waals surface area contributed by atoms with Gasteiger partial charge in [-0.15, -0.1) is 0 Å². The summed E-state index contributed by atoms with van der Waals surface area (Å²) in [5, 5.41) is 5.94. The number of hydrogen-bond acceptors (Lipinski definition) is 5. The van der Waals surface area contributed by atoms with Gasteiger partial charge in [-0.25, -0.2) is 13.1 Å². The fraction of sp³-hybridized carbons (Fsp3) is 0.500. The van der Waals surface area contributed by atoms with E-state index in [4.69, 9.17) is 4.74 Å². The maximum Gasteiger partial charge on any atom is 0.256 e. The molecule has 1 amide bonds. The third-order valence-corrected chi connectivity index (χ3v) is 5.30. The zero-order valence-electron chi connectivity index (χ0n) is 12.7. The first kappa shape index (κ1) is 16.9. The highest BCUT2D eigenvalue weighted by Crippen LogP contribution is 2.25. The molecule has 0 saturated carbocycles. The van der Waals surface area contributed by atoms with Crippen LogP contribution in [-0.2, 0) is 19.6 Å². The maximum absolute atomic E-state index is 12.5. The molecule has 0 spiro atoms. The van der Waals surface area contributed by atoms with E-state index in [0.717, 1.165) is 0 Å². The molecule has 0 aromatic heterocycles. The van der Waals surface area contributed by atoms with Gasteiger partial charge in [-0.1, -0.05) is 6.07 Å². The molecule has 22 heavy (non-hydrogen) atoms. The Morgan fingerprint density at radius 1 is 1.32 bits per heavy atom. The predicted octanol–water partition coefficient (Wildman–Crippen LogP) is 0.302. The Kier molecular flexibility index (Phi) is 5.17. The Bertz CT molecular complexity index is 639. The minimum Gasteiger partial charge on any atom is -0.368 e. The van der Waals surface area contributed by atoms with Gasteiger partial charge in [0.05, 0.1) is 4.90 Å². The lowest BCUT2D eigenvalue weighted by atomic mass is 9.91. The van der Waals surface area contributed by atoms with Crippen LogP contribution >= 0.6 is 0 Å². The van der Waals surface area contributed by atoms with Gasteiger partial charge in [0.1, 0.15) is 5.60 Å². The SMILES string of the molecule is CNS(=O)(=O)c1cccc(NC(=O)C2(OC)CCNCC2)c1. The molecule has 2 rings (SSSR count). The molecule has 0 bridgehead atoms. The lowest BCUT2D eigenvalue weighted by molar-refractivity contribution is -0.140. The minimum atomic E-state index is -3.54. The molecular formula is C14H21N3O4S. The van der Waals surface area contributed by atoms with Crippen LogP contribution in [0.4, 0.5) is 5.69 Å². The van der Waals surface area contributed by atoms with Gasteiger partial charge in [-0.05, 0) is 51.2 Å². The monoisotopic (exact) mass is 327 g/mol. The van der Waals surface area contributed by atoms with Gasteiger partial charge in [-0.3, -0.25) is 4.79 Å². The highest BCUT2D eigenvalue weighted by atomic mass is 32.2. The van der Waals surface area contributed by atoms with Crippen molar-refractivity contribution in [2.24, 2.45) is 0 Å². The van der Waals surface area contributed by atoms with Crippen LogP contribution in [-0.4, -0.2) is 47.2 Å². The van der Waals surface area contributed by atoms with Crippen LogP contribution in [0.1, 0.15) is 12.8 Å². The van der Waals surface area contributed by atoms with E-state index in [9.17, 15) is 13.2 Å². The van der Waals surface area contributed by atoms with Crippen LogP contribution < -0.4 is 15.4 Å². The Morgan fingerprint density at radius 3 is 2.59 bits per heavy atom. The largest absolute Gasteiger partial charge is 0.368 e. The van der Waals surface area contributed by atoms with Crippen molar-refractivity contribution in [3.05, 3.63) is 24.3 Å². The number of nitrogens with one attached hydrogen (secondary N) is 3. The Balaban J connectivity index is 2.20. The molecule has 1 aromatic rings. The zero-order chi connectivity index (χ0) is 16.2. The summed E-state index contributed by atoms with van der Waals surface area (Å²) in [5.41, 5.74) is -0.445. The molecular weight excluding hydrogens is 306 g/mol. The number of benzene rings is 1. The highest BCUT2D eigenvalue weighted by molar-refractivity contribution is 7.89. The molecule has 1 heterocycles. The first-order valence-electron chi connectivity index (χ1n) is 7.04. The van der Waals surface area contributed by atoms with Crippen LogP contribution in [0.5, 0.6) is 0 Å². The van der Waals surface area contributed by atoms with E-state index in [1.165, 1.54) is 26.3 Å². The fourth-order valence-corrected chi connectivity index (χ4v) is 3.23. The van der Waals surface area contributed by atoms with E-state index in [1.54, 1.807) is 12.1 Å². The number of carbonyl (C=O) groups excluding carboxylic acids is 1. The number of ether oxygens (including phenoxy) is 1. The molecule has 0 radical (unpaired) electrons. The lowest BCUT2D eigenvalue weighted by Crippen LogP contribution is -2.51. The van der Waals surface area contributed by atoms with Crippen molar-refractivity contribution in [1.82, 2.24) is 10.0 Å². The van der Waals surface area contributed by atoms with Crippen molar-refractivity contribution in [3.63, 3.8) is 0 Å². The standard InChI is InChI=1S/C14H21N3O4S/c1-15-22(19,20)12-5-3-4-11(10-12)17-13(18)14(21-2)6-8-16-9-7-14/h3-5,10,15-16H,6-9H2,1-2H3,(H,17,18). The molecule has 1 aliphatic heterocycles. The number of rotatable bonds is 5. The summed E-state index contributed by atoms with van der Waals surface area (Å²) in [7, 11) is -0.681. The van der Waals surface area contributed by atoms with Crippen LogP contribution in [0.2, 0.25) is 0 Å². The second-order valence-electron chi connectivity index (χ2n) is 5.14. The van der Waals surface area contributed by atoms with E-state index >= 15 is 0 Å². The summed E-state index contributed by atoms with van der Waals surface area (Å²) in [6.45, 7) is 1.41. The molecule has 0 unspecified atom stereocenters. The van der Waals surface area contributed by atoms with Gasteiger partial charge in [0.15, 0.2) is 0 Å². The van der Waals surface area contributed by atoms with Crippen LogP contribution in [0, 0.1) is 0 Å². The molecule has 7 nitrogen and oxygen atoms in total. The first-order valence-corrected chi connectivity index (χ1v) is 8.53. The van der Waals surface area contributed by atoms with Gasteiger partial charge in [-0.2, -0.15) is 0 Å². The topological polar surface area (TPSA) is 96.5 Å². The smallest absolute Gasteiger partial charge is 0.256 e. The number of hydrogen-bond donors (Lipinski definition) is 3. The third-order valence-electron chi connectivity index (χ3n) is 3.89. The second kappa shape index (κ2) is 6.74. The van der Waals surface area contributed by atoms with E-state index in [1.807, 2.05) is 0 Å². The molecule has 0 atom stereocenters. The van der Waals surface area contributed by atoms with Crippen molar-refractivity contribution in [2.75, 3.05) is 32.6 Å². The van der Waals surface area contributed by atoms with Crippen LogP contribution in [0.15, 0.2) is 29.2 Å². The number of anilines is 1. The molecule has 1 fully saturated rings. The quantitative estimate of drug-likeness (QED) is 0.723. The van der Waals surface area contributed by atoms with E-state index < -0.39 is 15.6 Å². The van der Waals surface area contributed by atoms with E-state index in [-0.39, 0.29) is 10.8 Å². The second-order valence-corrected chi connectivity index (χ2v) is 7.02. The molecule has 1 aliphatic rings. The fourth-order valence-electron chi connectivity index (χ4n) is 2.46. The Labute approximate surface area is 130 Å². The molecule has 1 aromatic carbocycles. The maximum atomic E-state index is 12.5. The summed E-state index contributed by atoms with van der Waals surface area (Å²) in [6, 6.07) is 6.13.